The van der Waals surface area contributed by atoms with Crippen LogP contribution in [0.1, 0.15) is 18.9 Å². The summed E-state index contributed by atoms with van der Waals surface area (Å²) in [7, 11) is 0. The number of aryl methyl sites for hydroxylation is 1. The molecule has 0 N–H and O–H groups in total. The van der Waals surface area contributed by atoms with Gasteiger partial charge < -0.3 is 0 Å². The zero-order valence-corrected chi connectivity index (χ0v) is 11.3. The van der Waals surface area contributed by atoms with Gasteiger partial charge in [-0.05, 0) is 23.9 Å². The average molecular weight is 268 g/mol. The van der Waals surface area contributed by atoms with Crippen molar-refractivity contribution in [3.63, 3.8) is 0 Å². The number of benzene rings is 1. The fourth-order valence-corrected chi connectivity index (χ4v) is 2.65. The van der Waals surface area contributed by atoms with Crippen LogP contribution in [0.3, 0.4) is 0 Å². The number of hydrogen-bond acceptors (Lipinski definition) is 0. The van der Waals surface area contributed by atoms with Gasteiger partial charge >= 0.3 is 6.00 Å². The van der Waals surface area contributed by atoms with Gasteiger partial charge in [0.25, 0.3) is 0 Å². The maximum atomic E-state index is 5.92. The van der Waals surface area contributed by atoms with Crippen LogP contribution >= 0.6 is 33.2 Å². The maximum absolute atomic E-state index is 5.92. The molecule has 0 fully saturated rings. The van der Waals surface area contributed by atoms with Gasteiger partial charge in [-0.3, -0.25) is 0 Å². The minimum Gasteiger partial charge on any atom is -0.126 e. The highest BCUT2D eigenvalue weighted by atomic mass is 35.8. The van der Waals surface area contributed by atoms with Crippen LogP contribution in [0.5, 0.6) is 0 Å². The first-order chi connectivity index (χ1) is 6.50. The van der Waals surface area contributed by atoms with E-state index >= 15 is 0 Å². The molecular weight excluding hydrogens is 255 g/mol. The maximum Gasteiger partial charge on any atom is 0.344 e. The molecule has 1 unspecified atom stereocenters. The lowest BCUT2D eigenvalue weighted by Crippen LogP contribution is -2.17. The van der Waals surface area contributed by atoms with E-state index in [2.05, 4.69) is 12.1 Å². The summed E-state index contributed by atoms with van der Waals surface area (Å²) in [6, 6.07) is 7.79. The summed E-state index contributed by atoms with van der Waals surface area (Å²) < 4.78 is 0. The molecule has 0 heterocycles. The first-order valence-corrected chi connectivity index (χ1v) is 9.72. The van der Waals surface area contributed by atoms with Crippen molar-refractivity contribution in [1.29, 1.82) is 0 Å². The van der Waals surface area contributed by atoms with Crippen molar-refractivity contribution in [1.82, 2.24) is 0 Å². The molecule has 1 rings (SSSR count). The third-order valence-electron chi connectivity index (χ3n) is 2.27. The second-order valence-electron chi connectivity index (χ2n) is 3.47. The van der Waals surface area contributed by atoms with Crippen LogP contribution in [0.15, 0.2) is 30.3 Å². The van der Waals surface area contributed by atoms with E-state index in [1.54, 1.807) is 0 Å². The normalized spacial score (nSPS) is 14.0. The van der Waals surface area contributed by atoms with Crippen molar-refractivity contribution in [3.05, 3.63) is 35.9 Å². The van der Waals surface area contributed by atoms with Crippen molar-refractivity contribution in [2.45, 2.75) is 25.3 Å². The average Bonchev–Trinajstić information content (AvgIpc) is 2.14. The van der Waals surface area contributed by atoms with Crippen molar-refractivity contribution >= 4 is 39.2 Å². The standard InChI is InChI=1S/C10H13Cl3Si/c1-9(14(11,12)13)7-8-10-5-3-2-4-6-10/h2-6,9H,7-8H2,1H3. The topological polar surface area (TPSA) is 0 Å². The first kappa shape index (κ1) is 12.4. The molecule has 0 aliphatic carbocycles. The summed E-state index contributed by atoms with van der Waals surface area (Å²) >= 11 is 17.8. The van der Waals surface area contributed by atoms with Crippen LogP contribution in [0.4, 0.5) is 0 Å². The number of halogens is 3. The highest BCUT2D eigenvalue weighted by molar-refractivity contribution is 7.65. The zero-order chi connectivity index (χ0) is 10.6. The Morgan fingerprint density at radius 2 is 1.71 bits per heavy atom. The second-order valence-corrected chi connectivity index (χ2v) is 12.6. The molecule has 1 aromatic carbocycles. The summed E-state index contributed by atoms with van der Waals surface area (Å²) in [5, 5.41) is 0. The summed E-state index contributed by atoms with van der Waals surface area (Å²) in [4.78, 5) is 0. The Morgan fingerprint density at radius 3 is 2.21 bits per heavy atom. The van der Waals surface area contributed by atoms with E-state index in [0.29, 0.717) is 0 Å². The van der Waals surface area contributed by atoms with Gasteiger partial charge in [-0.2, -0.15) is 0 Å². The van der Waals surface area contributed by atoms with Crippen LogP contribution in [0, 0.1) is 0 Å². The predicted molar refractivity (Wildman–Crippen MR) is 67.5 cm³/mol. The van der Waals surface area contributed by atoms with E-state index in [0.717, 1.165) is 12.8 Å². The minimum absolute atomic E-state index is 0.215. The van der Waals surface area contributed by atoms with Crippen LogP contribution in [-0.4, -0.2) is 6.00 Å². The predicted octanol–water partition coefficient (Wildman–Crippen LogP) is 4.66. The molecule has 0 saturated heterocycles. The molecule has 0 bridgehead atoms. The Balaban J connectivity index is 2.42. The summed E-state index contributed by atoms with van der Waals surface area (Å²) in [5.41, 5.74) is 1.52. The Morgan fingerprint density at radius 1 is 1.14 bits per heavy atom. The minimum atomic E-state index is -2.50. The highest BCUT2D eigenvalue weighted by Crippen LogP contribution is 2.36. The molecule has 0 aromatic heterocycles. The van der Waals surface area contributed by atoms with Crippen molar-refractivity contribution < 1.29 is 0 Å². The lowest BCUT2D eigenvalue weighted by molar-refractivity contribution is 0.785. The molecule has 1 aromatic rings. The number of rotatable bonds is 4. The van der Waals surface area contributed by atoms with Gasteiger partial charge in [-0.25, -0.2) is 0 Å². The van der Waals surface area contributed by atoms with Crippen LogP contribution in [0.25, 0.3) is 0 Å². The van der Waals surface area contributed by atoms with Gasteiger partial charge in [0.2, 0.25) is 0 Å². The molecule has 1 atom stereocenters. The van der Waals surface area contributed by atoms with E-state index in [1.165, 1.54) is 5.56 Å². The Hall–Kier alpha value is 0.307. The second kappa shape index (κ2) is 5.41. The molecule has 0 aliphatic rings. The van der Waals surface area contributed by atoms with Crippen molar-refractivity contribution in [2.24, 2.45) is 0 Å². The first-order valence-electron chi connectivity index (χ1n) is 4.61. The smallest absolute Gasteiger partial charge is 0.126 e. The summed E-state index contributed by atoms with van der Waals surface area (Å²) in [6.07, 6.45) is 1.94. The monoisotopic (exact) mass is 266 g/mol. The van der Waals surface area contributed by atoms with Crippen molar-refractivity contribution in [2.75, 3.05) is 0 Å². The van der Waals surface area contributed by atoms with Crippen LogP contribution in [0.2, 0.25) is 5.54 Å². The van der Waals surface area contributed by atoms with E-state index in [-0.39, 0.29) is 5.54 Å². The molecule has 0 radical (unpaired) electrons. The van der Waals surface area contributed by atoms with Crippen LogP contribution in [-0.2, 0) is 6.42 Å². The van der Waals surface area contributed by atoms with Gasteiger partial charge in [0.15, 0.2) is 0 Å². The van der Waals surface area contributed by atoms with Gasteiger partial charge in [-0.1, -0.05) is 37.3 Å². The van der Waals surface area contributed by atoms with E-state index in [9.17, 15) is 0 Å². The largest absolute Gasteiger partial charge is 0.344 e. The van der Waals surface area contributed by atoms with Crippen molar-refractivity contribution in [3.8, 4) is 0 Å². The molecule has 0 spiro atoms. The van der Waals surface area contributed by atoms with E-state index < -0.39 is 6.00 Å². The van der Waals surface area contributed by atoms with Gasteiger partial charge in [0.05, 0.1) is 0 Å². The van der Waals surface area contributed by atoms with Gasteiger partial charge in [-0.15, -0.1) is 33.2 Å². The highest BCUT2D eigenvalue weighted by Gasteiger charge is 2.32. The summed E-state index contributed by atoms with van der Waals surface area (Å²) in [6.45, 7) is 2.02. The Bertz CT molecular complexity index is 268. The van der Waals surface area contributed by atoms with Gasteiger partial charge in [0.1, 0.15) is 0 Å². The summed E-state index contributed by atoms with van der Waals surface area (Å²) in [5.74, 6) is 0. The Kier molecular flexibility index (Phi) is 4.78. The molecule has 0 saturated carbocycles. The quantitative estimate of drug-likeness (QED) is 0.550. The number of hydrogen-bond donors (Lipinski definition) is 0. The zero-order valence-electron chi connectivity index (χ0n) is 8.01. The fourth-order valence-electron chi connectivity index (χ4n) is 1.19. The molecule has 0 nitrogen and oxygen atoms in total. The SMILES string of the molecule is CC(CCc1ccccc1)[Si](Cl)(Cl)Cl. The third-order valence-corrected chi connectivity index (χ3v) is 7.03. The van der Waals surface area contributed by atoms with Crippen LogP contribution < -0.4 is 0 Å². The molecule has 4 heteroatoms. The molecule has 0 amide bonds. The van der Waals surface area contributed by atoms with E-state index in [1.807, 2.05) is 25.1 Å². The third kappa shape index (κ3) is 4.22. The Labute approximate surface area is 100 Å². The van der Waals surface area contributed by atoms with Gasteiger partial charge in [0, 0.05) is 0 Å². The fraction of sp³-hybridized carbons (Fsp3) is 0.400. The molecular formula is C10H13Cl3Si. The molecule has 78 valence electrons. The molecule has 14 heavy (non-hydrogen) atoms. The lowest BCUT2D eigenvalue weighted by Gasteiger charge is -2.16. The molecule has 0 aliphatic heterocycles. The lowest BCUT2D eigenvalue weighted by atomic mass is 10.1. The van der Waals surface area contributed by atoms with E-state index in [4.69, 9.17) is 33.2 Å².